The molecule has 1 heterocycles. The Kier molecular flexibility index (Phi) is 8.99. The van der Waals surface area contributed by atoms with E-state index in [1.807, 2.05) is 54.6 Å². The molecule has 2 aromatic rings. The molecule has 1 saturated carbocycles. The Morgan fingerprint density at radius 1 is 1.00 bits per heavy atom. The van der Waals surface area contributed by atoms with Crippen LogP contribution in [0.3, 0.4) is 0 Å². The van der Waals surface area contributed by atoms with Gasteiger partial charge in [-0.3, -0.25) is 9.59 Å². The van der Waals surface area contributed by atoms with Crippen LogP contribution in [-0.2, 0) is 25.7 Å². The first kappa shape index (κ1) is 26.5. The molecule has 1 aliphatic carbocycles. The fraction of sp³-hybridized carbons (Fsp3) is 0.433. The number of ether oxygens (including phenoxy) is 2. The number of hydrogen-bond acceptors (Lipinski definition) is 5. The van der Waals surface area contributed by atoms with Crippen molar-refractivity contribution in [2.75, 3.05) is 13.2 Å². The van der Waals surface area contributed by atoms with Gasteiger partial charge in [0.05, 0.1) is 12.2 Å². The number of esters is 1. The zero-order valence-electron chi connectivity index (χ0n) is 21.7. The van der Waals surface area contributed by atoms with Crippen LogP contribution >= 0.6 is 0 Å². The fourth-order valence-electron chi connectivity index (χ4n) is 5.16. The molecule has 7 nitrogen and oxygen atoms in total. The van der Waals surface area contributed by atoms with Crippen LogP contribution in [-0.4, -0.2) is 41.9 Å². The molecule has 7 heteroatoms. The van der Waals surface area contributed by atoms with E-state index in [9.17, 15) is 14.4 Å². The summed E-state index contributed by atoms with van der Waals surface area (Å²) in [6.45, 7) is 4.06. The molecule has 1 atom stereocenters. The van der Waals surface area contributed by atoms with Crippen LogP contribution < -0.4 is 10.1 Å². The summed E-state index contributed by atoms with van der Waals surface area (Å²) in [6, 6.07) is 17.5. The minimum atomic E-state index is -0.459. The second-order valence-corrected chi connectivity index (χ2v) is 9.70. The first-order valence-corrected chi connectivity index (χ1v) is 13.2. The topological polar surface area (TPSA) is 84.9 Å². The van der Waals surface area contributed by atoms with E-state index in [-0.39, 0.29) is 37.4 Å². The Morgan fingerprint density at radius 2 is 1.70 bits per heavy atom. The lowest BCUT2D eigenvalue weighted by atomic mass is 9.83. The number of nitrogens with one attached hydrogen (secondary N) is 1. The molecular formula is C30H36N2O5. The van der Waals surface area contributed by atoms with E-state index in [4.69, 9.17) is 9.47 Å². The predicted molar refractivity (Wildman–Crippen MR) is 141 cm³/mol. The molecule has 1 N–H and O–H groups in total. The van der Waals surface area contributed by atoms with Crippen LogP contribution in [0.2, 0.25) is 0 Å². The molecule has 1 aliphatic heterocycles. The monoisotopic (exact) mass is 504 g/mol. The Labute approximate surface area is 218 Å². The highest BCUT2D eigenvalue weighted by molar-refractivity contribution is 5.97. The van der Waals surface area contributed by atoms with Gasteiger partial charge < -0.3 is 19.7 Å². The smallest absolute Gasteiger partial charge is 0.336 e. The van der Waals surface area contributed by atoms with E-state index in [0.717, 1.165) is 36.8 Å². The molecule has 0 unspecified atom stereocenters. The van der Waals surface area contributed by atoms with Gasteiger partial charge in [0.15, 0.2) is 0 Å². The number of rotatable bonds is 9. The van der Waals surface area contributed by atoms with E-state index in [1.165, 1.54) is 11.3 Å². The van der Waals surface area contributed by atoms with Crippen LogP contribution in [0.15, 0.2) is 65.9 Å². The van der Waals surface area contributed by atoms with E-state index in [2.05, 4.69) is 5.32 Å². The highest BCUT2D eigenvalue weighted by atomic mass is 16.5. The van der Waals surface area contributed by atoms with Crippen LogP contribution in [0.1, 0.15) is 69.4 Å². The molecule has 0 radical (unpaired) electrons. The highest BCUT2D eigenvalue weighted by Crippen LogP contribution is 2.37. The number of hydrogen-bond donors (Lipinski definition) is 1. The van der Waals surface area contributed by atoms with Crippen molar-refractivity contribution in [3.8, 4) is 5.75 Å². The number of allylic oxidation sites excluding steroid dienone is 1. The van der Waals surface area contributed by atoms with Crippen LogP contribution in [0.4, 0.5) is 0 Å². The summed E-state index contributed by atoms with van der Waals surface area (Å²) >= 11 is 0. The van der Waals surface area contributed by atoms with Crippen LogP contribution in [0, 0.1) is 0 Å². The van der Waals surface area contributed by atoms with Crippen molar-refractivity contribution in [1.29, 1.82) is 0 Å². The minimum Gasteiger partial charge on any atom is -0.489 e. The van der Waals surface area contributed by atoms with Crippen LogP contribution in [0.25, 0.3) is 0 Å². The van der Waals surface area contributed by atoms with Gasteiger partial charge in [-0.25, -0.2) is 4.79 Å². The predicted octanol–water partition coefficient (Wildman–Crippen LogP) is 4.87. The van der Waals surface area contributed by atoms with Gasteiger partial charge in [-0.05, 0) is 49.9 Å². The van der Waals surface area contributed by atoms with Gasteiger partial charge in [0, 0.05) is 24.1 Å². The first-order chi connectivity index (χ1) is 18.0. The first-order valence-electron chi connectivity index (χ1n) is 13.2. The van der Waals surface area contributed by atoms with Crippen molar-refractivity contribution in [2.45, 2.75) is 70.9 Å². The largest absolute Gasteiger partial charge is 0.489 e. The summed E-state index contributed by atoms with van der Waals surface area (Å²) in [7, 11) is 0. The average Bonchev–Trinajstić information content (AvgIpc) is 2.91. The lowest BCUT2D eigenvalue weighted by molar-refractivity contribution is -0.141. The van der Waals surface area contributed by atoms with Gasteiger partial charge in [0.25, 0.3) is 0 Å². The van der Waals surface area contributed by atoms with Gasteiger partial charge in [0.1, 0.15) is 18.9 Å². The molecule has 2 aromatic carbocycles. The van der Waals surface area contributed by atoms with E-state index in [0.29, 0.717) is 23.6 Å². The molecule has 0 saturated heterocycles. The number of benzene rings is 2. The van der Waals surface area contributed by atoms with Crippen molar-refractivity contribution in [2.24, 2.45) is 0 Å². The normalized spacial score (nSPS) is 18.5. The summed E-state index contributed by atoms with van der Waals surface area (Å²) in [6.07, 6.45) is 5.44. The average molecular weight is 505 g/mol. The van der Waals surface area contributed by atoms with Crippen molar-refractivity contribution < 1.29 is 23.9 Å². The molecule has 196 valence electrons. The second kappa shape index (κ2) is 12.6. The molecule has 2 amide bonds. The Bertz CT molecular complexity index is 1120. The van der Waals surface area contributed by atoms with Gasteiger partial charge in [-0.1, -0.05) is 61.7 Å². The summed E-state index contributed by atoms with van der Waals surface area (Å²) in [5.41, 5.74) is 2.79. The summed E-state index contributed by atoms with van der Waals surface area (Å²) < 4.78 is 11.3. The molecule has 4 rings (SSSR count). The molecule has 0 bridgehead atoms. The zero-order chi connectivity index (χ0) is 26.2. The molecule has 2 aliphatic rings. The third kappa shape index (κ3) is 6.79. The quantitative estimate of drug-likeness (QED) is 0.493. The Hall–Kier alpha value is -3.61. The lowest BCUT2D eigenvalue weighted by Gasteiger charge is -2.34. The van der Waals surface area contributed by atoms with Gasteiger partial charge >= 0.3 is 5.97 Å². The summed E-state index contributed by atoms with van der Waals surface area (Å²) in [5, 5.41) is 3.06. The molecule has 37 heavy (non-hydrogen) atoms. The molecule has 0 spiro atoms. The number of nitrogens with zero attached hydrogens (tertiary/aromatic N) is 1. The standard InChI is InChI=1S/C30H36N2O5/c1-3-36-30(35)29-21(2)32(19-27(33)31-24-12-8-5-9-13-24)28(34)18-26(29)23-14-16-25(17-15-23)37-20-22-10-6-4-7-11-22/h4,6-7,10-11,14-17,24,26H,3,5,8-9,12-13,18-20H2,1-2H3,(H,31,33)/t26-/m1/s1. The van der Waals surface area contributed by atoms with E-state index >= 15 is 0 Å². The lowest BCUT2D eigenvalue weighted by Crippen LogP contribution is -2.46. The van der Waals surface area contributed by atoms with Crippen LogP contribution in [0.5, 0.6) is 5.75 Å². The fourth-order valence-corrected chi connectivity index (χ4v) is 5.16. The zero-order valence-corrected chi connectivity index (χ0v) is 21.7. The minimum absolute atomic E-state index is 0.0897. The van der Waals surface area contributed by atoms with Crippen molar-refractivity contribution >= 4 is 17.8 Å². The SMILES string of the molecule is CCOC(=O)C1=C(C)N(CC(=O)NC2CCCCC2)C(=O)C[C@@H]1c1ccc(OCc2ccccc2)cc1. The number of carbonyl (C=O) groups excluding carboxylic acids is 3. The molecule has 0 aromatic heterocycles. The van der Waals surface area contributed by atoms with Crippen molar-refractivity contribution in [1.82, 2.24) is 10.2 Å². The molecular weight excluding hydrogens is 468 g/mol. The number of carbonyl (C=O) groups is 3. The number of amides is 2. The molecule has 1 fully saturated rings. The van der Waals surface area contributed by atoms with Gasteiger partial charge in [-0.15, -0.1) is 0 Å². The van der Waals surface area contributed by atoms with Gasteiger partial charge in [-0.2, -0.15) is 0 Å². The highest BCUT2D eigenvalue weighted by Gasteiger charge is 2.37. The second-order valence-electron chi connectivity index (χ2n) is 9.70. The maximum atomic E-state index is 13.2. The Morgan fingerprint density at radius 3 is 2.38 bits per heavy atom. The Balaban J connectivity index is 1.50. The van der Waals surface area contributed by atoms with Crippen molar-refractivity contribution in [3.05, 3.63) is 77.0 Å². The van der Waals surface area contributed by atoms with E-state index in [1.54, 1.807) is 13.8 Å². The van der Waals surface area contributed by atoms with Gasteiger partial charge in [0.2, 0.25) is 11.8 Å². The summed E-state index contributed by atoms with van der Waals surface area (Å²) in [5.74, 6) is -0.582. The maximum absolute atomic E-state index is 13.2. The maximum Gasteiger partial charge on any atom is 0.336 e. The third-order valence-corrected chi connectivity index (χ3v) is 7.12. The van der Waals surface area contributed by atoms with E-state index < -0.39 is 11.9 Å². The third-order valence-electron chi connectivity index (χ3n) is 7.12. The summed E-state index contributed by atoms with van der Waals surface area (Å²) in [4.78, 5) is 40.4. The van der Waals surface area contributed by atoms with Crippen molar-refractivity contribution in [3.63, 3.8) is 0 Å².